The normalized spacial score (nSPS) is 14.5. The lowest BCUT2D eigenvalue weighted by Gasteiger charge is -2.23. The summed E-state index contributed by atoms with van der Waals surface area (Å²) in [5.74, 6) is 0.565. The maximum absolute atomic E-state index is 9.23. The summed E-state index contributed by atoms with van der Waals surface area (Å²) in [7, 11) is 0. The molecule has 0 saturated carbocycles. The molecule has 0 aliphatic rings. The van der Waals surface area contributed by atoms with Gasteiger partial charge in [0.2, 0.25) is 0 Å². The second-order valence-corrected chi connectivity index (χ2v) is 4.13. The molecule has 3 N–H and O–H groups in total. The average Bonchev–Trinajstić information content (AvgIpc) is 2.28. The van der Waals surface area contributed by atoms with Crippen molar-refractivity contribution in [2.24, 2.45) is 5.73 Å². The summed E-state index contributed by atoms with van der Waals surface area (Å²) in [5.41, 5.74) is 5.91. The fraction of sp³-hybridized carbons (Fsp3) is 0.500. The number of benzene rings is 1. The van der Waals surface area contributed by atoms with E-state index in [4.69, 9.17) is 22.1 Å². The molecule has 2 unspecified atom stereocenters. The third kappa shape index (κ3) is 3.67. The van der Waals surface area contributed by atoms with Crippen LogP contribution in [0.3, 0.4) is 0 Å². The summed E-state index contributed by atoms with van der Waals surface area (Å²) in [6.07, 6.45) is 1.37. The Morgan fingerprint density at radius 3 is 2.69 bits per heavy atom. The van der Waals surface area contributed by atoms with E-state index < -0.39 is 6.10 Å². The Kier molecular flexibility index (Phi) is 5.60. The number of rotatable bonds is 6. The number of ether oxygens (including phenoxy) is 1. The lowest BCUT2D eigenvalue weighted by atomic mass is 10.1. The van der Waals surface area contributed by atoms with Crippen molar-refractivity contribution in [3.63, 3.8) is 0 Å². The zero-order valence-corrected chi connectivity index (χ0v) is 10.2. The lowest BCUT2D eigenvalue weighted by molar-refractivity contribution is 0.0917. The van der Waals surface area contributed by atoms with Crippen LogP contribution in [0.2, 0.25) is 5.02 Å². The first-order valence-corrected chi connectivity index (χ1v) is 5.84. The van der Waals surface area contributed by atoms with E-state index in [1.54, 1.807) is 12.1 Å². The smallest absolute Gasteiger partial charge is 0.138 e. The summed E-state index contributed by atoms with van der Waals surface area (Å²) < 4.78 is 5.60. The predicted octanol–water partition coefficient (Wildman–Crippen LogP) is 2.21. The minimum atomic E-state index is -0.403. The second kappa shape index (κ2) is 6.74. The summed E-state index contributed by atoms with van der Waals surface area (Å²) in [4.78, 5) is 0. The minimum Gasteiger partial charge on any atom is -0.485 e. The van der Waals surface area contributed by atoms with Crippen LogP contribution in [0.1, 0.15) is 19.8 Å². The van der Waals surface area contributed by atoms with Crippen molar-refractivity contribution < 1.29 is 9.84 Å². The van der Waals surface area contributed by atoms with Gasteiger partial charge in [0.05, 0.1) is 11.6 Å². The number of halogens is 1. The zero-order valence-electron chi connectivity index (χ0n) is 9.40. The van der Waals surface area contributed by atoms with Gasteiger partial charge in [0.1, 0.15) is 11.9 Å². The highest BCUT2D eigenvalue weighted by Crippen LogP contribution is 2.24. The quantitative estimate of drug-likeness (QED) is 0.806. The van der Waals surface area contributed by atoms with Crippen molar-refractivity contribution >= 4 is 11.6 Å². The van der Waals surface area contributed by atoms with Crippen molar-refractivity contribution in [3.8, 4) is 5.75 Å². The second-order valence-electron chi connectivity index (χ2n) is 3.72. The van der Waals surface area contributed by atoms with Gasteiger partial charge in [0.25, 0.3) is 0 Å². The van der Waals surface area contributed by atoms with Crippen LogP contribution >= 0.6 is 11.6 Å². The predicted molar refractivity (Wildman–Crippen MR) is 65.8 cm³/mol. The van der Waals surface area contributed by atoms with E-state index >= 15 is 0 Å². The molecule has 0 fully saturated rings. The molecule has 3 nitrogen and oxygen atoms in total. The molecule has 90 valence electrons. The first-order chi connectivity index (χ1) is 7.69. The van der Waals surface area contributed by atoms with Gasteiger partial charge in [-0.15, -0.1) is 0 Å². The van der Waals surface area contributed by atoms with Gasteiger partial charge in [-0.1, -0.05) is 37.1 Å². The Morgan fingerprint density at radius 1 is 1.44 bits per heavy atom. The van der Waals surface area contributed by atoms with Gasteiger partial charge >= 0.3 is 0 Å². The number of aliphatic hydroxyl groups is 1. The average molecular weight is 244 g/mol. The van der Waals surface area contributed by atoms with E-state index in [1.165, 1.54) is 0 Å². The van der Waals surface area contributed by atoms with Crippen LogP contribution < -0.4 is 10.5 Å². The van der Waals surface area contributed by atoms with Gasteiger partial charge in [-0.25, -0.2) is 0 Å². The van der Waals surface area contributed by atoms with Crippen molar-refractivity contribution in [2.75, 3.05) is 6.61 Å². The molecule has 0 amide bonds. The minimum absolute atomic E-state index is 0.105. The van der Waals surface area contributed by atoms with E-state index in [-0.39, 0.29) is 12.6 Å². The fourth-order valence-electron chi connectivity index (χ4n) is 1.48. The number of hydrogen-bond acceptors (Lipinski definition) is 3. The maximum Gasteiger partial charge on any atom is 0.138 e. The molecule has 0 spiro atoms. The molecule has 4 heteroatoms. The van der Waals surface area contributed by atoms with Crippen LogP contribution in [0.15, 0.2) is 24.3 Å². The molecule has 0 saturated heterocycles. The SMILES string of the molecule is CCCC(N)C(CO)Oc1ccccc1Cl. The first kappa shape index (κ1) is 13.3. The number of para-hydroxylation sites is 1. The van der Waals surface area contributed by atoms with Gasteiger partial charge in [-0.2, -0.15) is 0 Å². The molecule has 16 heavy (non-hydrogen) atoms. The van der Waals surface area contributed by atoms with Crippen molar-refractivity contribution in [1.29, 1.82) is 0 Å². The van der Waals surface area contributed by atoms with E-state index in [0.29, 0.717) is 10.8 Å². The Balaban J connectivity index is 2.66. The molecule has 0 radical (unpaired) electrons. The van der Waals surface area contributed by atoms with Crippen LogP contribution in [-0.4, -0.2) is 23.9 Å². The van der Waals surface area contributed by atoms with Crippen LogP contribution in [0.5, 0.6) is 5.75 Å². The number of nitrogens with two attached hydrogens (primary N) is 1. The monoisotopic (exact) mass is 243 g/mol. The van der Waals surface area contributed by atoms with Gasteiger partial charge in [-0.3, -0.25) is 0 Å². The van der Waals surface area contributed by atoms with Gasteiger partial charge in [-0.05, 0) is 18.6 Å². The Hall–Kier alpha value is -0.770. The van der Waals surface area contributed by atoms with Crippen LogP contribution in [0.4, 0.5) is 0 Å². The van der Waals surface area contributed by atoms with E-state index in [2.05, 4.69) is 0 Å². The van der Waals surface area contributed by atoms with Crippen molar-refractivity contribution in [3.05, 3.63) is 29.3 Å². The molecule has 0 aliphatic heterocycles. The van der Waals surface area contributed by atoms with Gasteiger partial charge < -0.3 is 15.6 Å². The third-order valence-corrected chi connectivity index (χ3v) is 2.71. The topological polar surface area (TPSA) is 55.5 Å². The first-order valence-electron chi connectivity index (χ1n) is 5.46. The number of aliphatic hydroxyl groups excluding tert-OH is 1. The highest BCUT2D eigenvalue weighted by atomic mass is 35.5. The van der Waals surface area contributed by atoms with Crippen molar-refractivity contribution in [1.82, 2.24) is 0 Å². The van der Waals surface area contributed by atoms with Crippen LogP contribution in [-0.2, 0) is 0 Å². The standard InChI is InChI=1S/C12H18ClNO2/c1-2-5-10(14)12(8-15)16-11-7-4-3-6-9(11)13/h3-4,6-7,10,12,15H,2,5,8,14H2,1H3. The van der Waals surface area contributed by atoms with Gasteiger partial charge in [0.15, 0.2) is 0 Å². The lowest BCUT2D eigenvalue weighted by Crippen LogP contribution is -2.41. The molecule has 0 heterocycles. The van der Waals surface area contributed by atoms with Gasteiger partial charge in [0, 0.05) is 6.04 Å². The molecule has 1 aromatic rings. The molecular formula is C12H18ClNO2. The Bertz CT molecular complexity index is 320. The molecule has 2 atom stereocenters. The zero-order chi connectivity index (χ0) is 12.0. The highest BCUT2D eigenvalue weighted by Gasteiger charge is 2.18. The van der Waals surface area contributed by atoms with Crippen LogP contribution in [0, 0.1) is 0 Å². The Morgan fingerprint density at radius 2 is 2.12 bits per heavy atom. The molecule has 1 rings (SSSR count). The molecule has 1 aromatic carbocycles. The summed E-state index contributed by atoms with van der Waals surface area (Å²) in [6.45, 7) is 1.94. The molecular weight excluding hydrogens is 226 g/mol. The fourth-order valence-corrected chi connectivity index (χ4v) is 1.66. The number of hydrogen-bond donors (Lipinski definition) is 2. The Labute approximate surface area is 101 Å². The summed E-state index contributed by atoms with van der Waals surface area (Å²) >= 11 is 5.96. The van der Waals surface area contributed by atoms with Crippen LogP contribution in [0.25, 0.3) is 0 Å². The summed E-state index contributed by atoms with van der Waals surface area (Å²) in [6, 6.07) is 7.00. The molecule has 0 aliphatic carbocycles. The highest BCUT2D eigenvalue weighted by molar-refractivity contribution is 6.32. The van der Waals surface area contributed by atoms with Crippen molar-refractivity contribution in [2.45, 2.75) is 31.9 Å². The largest absolute Gasteiger partial charge is 0.485 e. The molecule has 0 bridgehead atoms. The van der Waals surface area contributed by atoms with E-state index in [9.17, 15) is 5.11 Å². The third-order valence-electron chi connectivity index (χ3n) is 2.39. The summed E-state index contributed by atoms with van der Waals surface area (Å²) in [5, 5.41) is 9.76. The maximum atomic E-state index is 9.23. The van der Waals surface area contributed by atoms with E-state index in [1.807, 2.05) is 19.1 Å². The molecule has 0 aromatic heterocycles. The van der Waals surface area contributed by atoms with E-state index in [0.717, 1.165) is 12.8 Å².